The molecule has 0 radical (unpaired) electrons. The van der Waals surface area contributed by atoms with E-state index in [9.17, 15) is 14.7 Å². The molecule has 6 heteroatoms. The fourth-order valence-electron chi connectivity index (χ4n) is 2.57. The first-order chi connectivity index (χ1) is 9.57. The number of carbonyl (C=O) groups is 2. The molecule has 2 N–H and O–H groups in total. The summed E-state index contributed by atoms with van der Waals surface area (Å²) < 4.78 is 0. The molecular weight excluding hydrogens is 276 g/mol. The molecule has 20 heavy (non-hydrogen) atoms. The summed E-state index contributed by atoms with van der Waals surface area (Å²) in [5, 5.41) is 12.0. The largest absolute Gasteiger partial charge is 0.480 e. The minimum Gasteiger partial charge on any atom is -0.480 e. The zero-order valence-electron chi connectivity index (χ0n) is 12.4. The molecule has 0 aromatic carbocycles. The summed E-state index contributed by atoms with van der Waals surface area (Å²) in [6, 6.07) is -0.901. The number of rotatable bonds is 8. The van der Waals surface area contributed by atoms with E-state index in [4.69, 9.17) is 0 Å². The topological polar surface area (TPSA) is 69.6 Å². The Hall–Kier alpha value is -0.910. The summed E-state index contributed by atoms with van der Waals surface area (Å²) in [5.41, 5.74) is 0. The molecule has 1 saturated heterocycles. The number of thioether (sulfide) groups is 1. The quantitative estimate of drug-likeness (QED) is 0.676. The highest BCUT2D eigenvalue weighted by molar-refractivity contribution is 7.98. The van der Waals surface area contributed by atoms with Crippen LogP contribution in [-0.4, -0.2) is 53.1 Å². The van der Waals surface area contributed by atoms with Gasteiger partial charge in [-0.15, -0.1) is 0 Å². The Kier molecular flexibility index (Phi) is 7.80. The van der Waals surface area contributed by atoms with Crippen LogP contribution in [0, 0.1) is 5.92 Å². The Labute approximate surface area is 125 Å². The molecule has 1 aliphatic rings. The standard InChI is InChI=1S/C14H26N2O3S/c1-11-7-9-16(12(11)13(17)18)14(19)15-8-5-3-4-6-10-20-2/h11-12H,3-10H2,1-2H3,(H,15,19)(H,17,18). The number of unbranched alkanes of at least 4 members (excludes halogenated alkanes) is 3. The molecule has 1 heterocycles. The van der Waals surface area contributed by atoms with Crippen LogP contribution in [0.15, 0.2) is 0 Å². The van der Waals surface area contributed by atoms with Gasteiger partial charge in [0.25, 0.3) is 0 Å². The van der Waals surface area contributed by atoms with Gasteiger partial charge in [0, 0.05) is 13.1 Å². The zero-order valence-corrected chi connectivity index (χ0v) is 13.2. The number of nitrogens with zero attached hydrogens (tertiary/aromatic N) is 1. The molecule has 1 rings (SSSR count). The highest BCUT2D eigenvalue weighted by Crippen LogP contribution is 2.23. The second kappa shape index (κ2) is 9.10. The fraction of sp³-hybridized carbons (Fsp3) is 0.857. The van der Waals surface area contributed by atoms with Gasteiger partial charge in [0.2, 0.25) is 0 Å². The van der Waals surface area contributed by atoms with E-state index in [2.05, 4.69) is 11.6 Å². The molecule has 2 amide bonds. The maximum atomic E-state index is 12.0. The zero-order chi connectivity index (χ0) is 15.0. The maximum absolute atomic E-state index is 12.0. The number of hydrogen-bond acceptors (Lipinski definition) is 3. The first kappa shape index (κ1) is 17.1. The highest BCUT2D eigenvalue weighted by Gasteiger charge is 2.39. The second-order valence-electron chi connectivity index (χ2n) is 5.38. The molecule has 0 aromatic rings. The Bertz CT molecular complexity index is 326. The molecular formula is C14H26N2O3S. The van der Waals surface area contributed by atoms with Crippen LogP contribution in [0.3, 0.4) is 0 Å². The van der Waals surface area contributed by atoms with Crippen molar-refractivity contribution in [3.05, 3.63) is 0 Å². The summed E-state index contributed by atoms with van der Waals surface area (Å²) >= 11 is 1.86. The van der Waals surface area contributed by atoms with Crippen molar-refractivity contribution in [3.8, 4) is 0 Å². The van der Waals surface area contributed by atoms with Gasteiger partial charge < -0.3 is 15.3 Å². The van der Waals surface area contributed by atoms with Gasteiger partial charge in [-0.05, 0) is 37.2 Å². The van der Waals surface area contributed by atoms with Crippen molar-refractivity contribution in [1.82, 2.24) is 10.2 Å². The van der Waals surface area contributed by atoms with E-state index in [0.717, 1.165) is 19.3 Å². The molecule has 1 fully saturated rings. The first-order valence-electron chi connectivity index (χ1n) is 7.34. The Morgan fingerprint density at radius 2 is 2.00 bits per heavy atom. The predicted molar refractivity (Wildman–Crippen MR) is 82.2 cm³/mol. The molecule has 0 saturated carbocycles. The van der Waals surface area contributed by atoms with Crippen LogP contribution in [0.4, 0.5) is 4.79 Å². The number of carboxylic acid groups (broad SMARTS) is 1. The molecule has 116 valence electrons. The van der Waals surface area contributed by atoms with Crippen molar-refractivity contribution in [2.75, 3.05) is 25.1 Å². The number of carboxylic acids is 1. The highest BCUT2D eigenvalue weighted by atomic mass is 32.2. The van der Waals surface area contributed by atoms with E-state index in [1.807, 2.05) is 18.7 Å². The van der Waals surface area contributed by atoms with Crippen LogP contribution in [0.25, 0.3) is 0 Å². The van der Waals surface area contributed by atoms with Gasteiger partial charge >= 0.3 is 12.0 Å². The van der Waals surface area contributed by atoms with Crippen LogP contribution >= 0.6 is 11.8 Å². The fourth-order valence-corrected chi connectivity index (χ4v) is 3.07. The lowest BCUT2D eigenvalue weighted by Gasteiger charge is -2.23. The first-order valence-corrected chi connectivity index (χ1v) is 8.73. The SMILES string of the molecule is CSCCCCCCNC(=O)N1CCC(C)C1C(=O)O. The van der Waals surface area contributed by atoms with Crippen LogP contribution < -0.4 is 5.32 Å². The summed E-state index contributed by atoms with van der Waals surface area (Å²) in [6.45, 7) is 3.06. The summed E-state index contributed by atoms with van der Waals surface area (Å²) in [7, 11) is 0. The molecule has 1 aliphatic heterocycles. The van der Waals surface area contributed by atoms with Crippen molar-refractivity contribution in [2.45, 2.75) is 45.1 Å². The van der Waals surface area contributed by atoms with Crippen molar-refractivity contribution in [1.29, 1.82) is 0 Å². The van der Waals surface area contributed by atoms with E-state index >= 15 is 0 Å². The van der Waals surface area contributed by atoms with E-state index in [1.54, 1.807) is 0 Å². The van der Waals surface area contributed by atoms with E-state index < -0.39 is 12.0 Å². The number of amides is 2. The predicted octanol–water partition coefficient (Wildman–Crippen LogP) is 2.41. The second-order valence-corrected chi connectivity index (χ2v) is 6.37. The number of carbonyl (C=O) groups excluding carboxylic acids is 1. The number of hydrogen-bond donors (Lipinski definition) is 2. The number of urea groups is 1. The van der Waals surface area contributed by atoms with Gasteiger partial charge in [0.05, 0.1) is 0 Å². The number of aliphatic carboxylic acids is 1. The lowest BCUT2D eigenvalue weighted by Crippen LogP contribution is -2.47. The summed E-state index contributed by atoms with van der Waals surface area (Å²) in [4.78, 5) is 24.6. The number of nitrogens with one attached hydrogen (secondary N) is 1. The normalized spacial score (nSPS) is 22.0. The van der Waals surface area contributed by atoms with Crippen LogP contribution in [0.5, 0.6) is 0 Å². The molecule has 2 unspecified atom stereocenters. The number of likely N-dealkylation sites (tertiary alicyclic amines) is 1. The molecule has 0 aromatic heterocycles. The molecule has 2 atom stereocenters. The Balaban J connectivity index is 2.20. The molecule has 0 bridgehead atoms. The van der Waals surface area contributed by atoms with Crippen molar-refractivity contribution in [3.63, 3.8) is 0 Å². The van der Waals surface area contributed by atoms with Crippen molar-refractivity contribution < 1.29 is 14.7 Å². The van der Waals surface area contributed by atoms with Gasteiger partial charge in [0.1, 0.15) is 6.04 Å². The Morgan fingerprint density at radius 3 is 2.65 bits per heavy atom. The van der Waals surface area contributed by atoms with Gasteiger partial charge in [-0.3, -0.25) is 0 Å². The average molecular weight is 302 g/mol. The van der Waals surface area contributed by atoms with Crippen LogP contribution in [-0.2, 0) is 4.79 Å². The van der Waals surface area contributed by atoms with Gasteiger partial charge in [-0.1, -0.05) is 19.8 Å². The molecule has 5 nitrogen and oxygen atoms in total. The summed E-state index contributed by atoms with van der Waals surface area (Å²) in [5.74, 6) is 0.324. The third kappa shape index (κ3) is 5.23. The maximum Gasteiger partial charge on any atom is 0.326 e. The van der Waals surface area contributed by atoms with Crippen LogP contribution in [0.2, 0.25) is 0 Å². The van der Waals surface area contributed by atoms with Crippen molar-refractivity contribution >= 4 is 23.8 Å². The lowest BCUT2D eigenvalue weighted by atomic mass is 10.0. The molecule has 0 aliphatic carbocycles. The lowest BCUT2D eigenvalue weighted by molar-refractivity contribution is -0.142. The minimum absolute atomic E-state index is 0.0322. The Morgan fingerprint density at radius 1 is 1.30 bits per heavy atom. The third-order valence-corrected chi connectivity index (χ3v) is 4.46. The van der Waals surface area contributed by atoms with E-state index in [0.29, 0.717) is 13.1 Å². The summed E-state index contributed by atoms with van der Waals surface area (Å²) in [6.07, 6.45) is 7.35. The van der Waals surface area contributed by atoms with Gasteiger partial charge in [0.15, 0.2) is 0 Å². The monoisotopic (exact) mass is 302 g/mol. The van der Waals surface area contributed by atoms with E-state index in [-0.39, 0.29) is 11.9 Å². The van der Waals surface area contributed by atoms with Crippen molar-refractivity contribution in [2.24, 2.45) is 5.92 Å². The minimum atomic E-state index is -0.901. The molecule has 0 spiro atoms. The van der Waals surface area contributed by atoms with Crippen LogP contribution in [0.1, 0.15) is 39.0 Å². The van der Waals surface area contributed by atoms with E-state index in [1.165, 1.54) is 23.5 Å². The smallest absolute Gasteiger partial charge is 0.326 e. The van der Waals surface area contributed by atoms with Gasteiger partial charge in [-0.25, -0.2) is 9.59 Å². The average Bonchev–Trinajstić information content (AvgIpc) is 2.79. The van der Waals surface area contributed by atoms with Gasteiger partial charge in [-0.2, -0.15) is 11.8 Å². The third-order valence-electron chi connectivity index (χ3n) is 3.77.